The van der Waals surface area contributed by atoms with E-state index in [0.717, 1.165) is 0 Å². The molecule has 60 valence electrons. The van der Waals surface area contributed by atoms with E-state index in [1.54, 1.807) is 7.05 Å². The summed E-state index contributed by atoms with van der Waals surface area (Å²) in [6, 6.07) is 0. The molecule has 1 heterocycles. The fourth-order valence-corrected chi connectivity index (χ4v) is 0.517. The molecule has 0 atom stereocenters. The van der Waals surface area contributed by atoms with Crippen molar-refractivity contribution in [1.82, 2.24) is 20.2 Å². The average molecular weight is 157 g/mol. The lowest BCUT2D eigenvalue weighted by molar-refractivity contribution is 0.147. The lowest BCUT2D eigenvalue weighted by Crippen LogP contribution is -2.13. The zero-order valence-corrected chi connectivity index (χ0v) is 5.89. The van der Waals surface area contributed by atoms with Gasteiger partial charge in [0.25, 0.3) is 0 Å². The number of aryl methyl sites for hydroxylation is 1. The molecule has 0 saturated heterocycles. The molecule has 11 heavy (non-hydrogen) atoms. The second-order valence-electron chi connectivity index (χ2n) is 1.80. The standard InChI is InChI=1S/C4H7N5O2/c1-9-7-3(6-8-9)2-11-4(5)10/h2H2,1H3,(H2,5,10). The summed E-state index contributed by atoms with van der Waals surface area (Å²) in [6.07, 6.45) is -0.850. The Hall–Kier alpha value is -1.66. The molecular weight excluding hydrogens is 150 g/mol. The van der Waals surface area contributed by atoms with Gasteiger partial charge in [-0.25, -0.2) is 4.79 Å². The lowest BCUT2D eigenvalue weighted by Gasteiger charge is -1.93. The molecule has 0 aliphatic heterocycles. The van der Waals surface area contributed by atoms with Gasteiger partial charge in [0.05, 0.1) is 7.05 Å². The molecule has 0 bridgehead atoms. The van der Waals surface area contributed by atoms with Crippen molar-refractivity contribution in [1.29, 1.82) is 0 Å². The van der Waals surface area contributed by atoms with Crippen LogP contribution in [0.4, 0.5) is 4.79 Å². The van der Waals surface area contributed by atoms with Crippen LogP contribution in [0.5, 0.6) is 0 Å². The minimum Gasteiger partial charge on any atom is -0.441 e. The van der Waals surface area contributed by atoms with E-state index in [2.05, 4.69) is 20.1 Å². The van der Waals surface area contributed by atoms with E-state index >= 15 is 0 Å². The maximum absolute atomic E-state index is 10.1. The third-order valence-electron chi connectivity index (χ3n) is 0.893. The minimum atomic E-state index is -0.850. The van der Waals surface area contributed by atoms with E-state index in [0.29, 0.717) is 5.82 Å². The summed E-state index contributed by atoms with van der Waals surface area (Å²) in [5, 5.41) is 10.8. The van der Waals surface area contributed by atoms with Crippen molar-refractivity contribution in [3.8, 4) is 0 Å². The minimum absolute atomic E-state index is 0.0385. The van der Waals surface area contributed by atoms with Gasteiger partial charge in [0, 0.05) is 0 Å². The Labute approximate surface area is 62.1 Å². The molecule has 1 aromatic rings. The van der Waals surface area contributed by atoms with Crippen LogP contribution < -0.4 is 5.73 Å². The van der Waals surface area contributed by atoms with Gasteiger partial charge in [-0.1, -0.05) is 0 Å². The Morgan fingerprint density at radius 1 is 1.82 bits per heavy atom. The summed E-state index contributed by atoms with van der Waals surface area (Å²) in [5.41, 5.74) is 4.70. The van der Waals surface area contributed by atoms with Gasteiger partial charge in [0.1, 0.15) is 0 Å². The highest BCUT2D eigenvalue weighted by Crippen LogP contribution is 1.88. The molecule has 0 fully saturated rings. The van der Waals surface area contributed by atoms with Crippen molar-refractivity contribution in [3.63, 3.8) is 0 Å². The van der Waals surface area contributed by atoms with Gasteiger partial charge in [-0.05, 0) is 5.21 Å². The number of hydrogen-bond donors (Lipinski definition) is 1. The predicted molar refractivity (Wildman–Crippen MR) is 33.2 cm³/mol. The Bertz CT molecular complexity index is 257. The number of aromatic nitrogens is 4. The quantitative estimate of drug-likeness (QED) is 0.582. The van der Waals surface area contributed by atoms with Crippen LogP contribution in [0.1, 0.15) is 5.82 Å². The van der Waals surface area contributed by atoms with E-state index in [-0.39, 0.29) is 6.61 Å². The second kappa shape index (κ2) is 2.95. The molecule has 7 heteroatoms. The average Bonchev–Trinajstić information content (AvgIpc) is 2.31. The number of hydrogen-bond acceptors (Lipinski definition) is 5. The van der Waals surface area contributed by atoms with Crippen LogP contribution >= 0.6 is 0 Å². The van der Waals surface area contributed by atoms with E-state index in [9.17, 15) is 4.79 Å². The van der Waals surface area contributed by atoms with Gasteiger partial charge in [0.2, 0.25) is 5.82 Å². The SMILES string of the molecule is Cn1nnc(COC(N)=O)n1. The zero-order chi connectivity index (χ0) is 8.27. The van der Waals surface area contributed by atoms with Crippen molar-refractivity contribution in [3.05, 3.63) is 5.82 Å². The molecular formula is C4H7N5O2. The Balaban J connectivity index is 2.45. The molecule has 2 N–H and O–H groups in total. The van der Waals surface area contributed by atoms with E-state index in [1.807, 2.05) is 0 Å². The zero-order valence-electron chi connectivity index (χ0n) is 5.89. The van der Waals surface area contributed by atoms with Crippen molar-refractivity contribution in [2.24, 2.45) is 12.8 Å². The molecule has 1 rings (SSSR count). The maximum atomic E-state index is 10.1. The molecule has 0 radical (unpaired) electrons. The molecule has 0 aliphatic rings. The normalized spacial score (nSPS) is 9.55. The largest absolute Gasteiger partial charge is 0.441 e. The van der Waals surface area contributed by atoms with Gasteiger partial charge in [0.15, 0.2) is 6.61 Å². The first-order valence-corrected chi connectivity index (χ1v) is 2.83. The predicted octanol–water partition coefficient (Wildman–Crippen LogP) is -1.19. The number of primary amides is 1. The van der Waals surface area contributed by atoms with Crippen LogP contribution in [0.25, 0.3) is 0 Å². The van der Waals surface area contributed by atoms with Crippen LogP contribution in [-0.4, -0.2) is 26.3 Å². The van der Waals surface area contributed by atoms with Crippen molar-refractivity contribution >= 4 is 6.09 Å². The molecule has 0 unspecified atom stereocenters. The number of carbonyl (C=O) groups excluding carboxylic acids is 1. The summed E-state index contributed by atoms with van der Waals surface area (Å²) in [6.45, 7) is -0.0385. The highest BCUT2D eigenvalue weighted by atomic mass is 16.5. The van der Waals surface area contributed by atoms with Crippen LogP contribution in [0.3, 0.4) is 0 Å². The fourth-order valence-electron chi connectivity index (χ4n) is 0.517. The monoisotopic (exact) mass is 157 g/mol. The second-order valence-corrected chi connectivity index (χ2v) is 1.80. The topological polar surface area (TPSA) is 95.9 Å². The summed E-state index contributed by atoms with van der Waals surface area (Å²) in [4.78, 5) is 11.4. The molecule has 1 aromatic heterocycles. The molecule has 0 aromatic carbocycles. The number of ether oxygens (including phenoxy) is 1. The Morgan fingerprint density at radius 2 is 2.55 bits per heavy atom. The number of rotatable bonds is 2. The van der Waals surface area contributed by atoms with E-state index in [1.165, 1.54) is 4.80 Å². The van der Waals surface area contributed by atoms with E-state index in [4.69, 9.17) is 5.73 Å². The first-order chi connectivity index (χ1) is 5.18. The van der Waals surface area contributed by atoms with Crippen LogP contribution in [0.15, 0.2) is 0 Å². The number of amides is 1. The highest BCUT2D eigenvalue weighted by Gasteiger charge is 2.01. The molecule has 0 aliphatic carbocycles. The smallest absolute Gasteiger partial charge is 0.404 e. The number of tetrazole rings is 1. The van der Waals surface area contributed by atoms with Gasteiger partial charge >= 0.3 is 6.09 Å². The van der Waals surface area contributed by atoms with Gasteiger partial charge in [-0.2, -0.15) is 4.80 Å². The van der Waals surface area contributed by atoms with E-state index < -0.39 is 6.09 Å². The lowest BCUT2D eigenvalue weighted by atomic mass is 10.7. The number of nitrogens with two attached hydrogens (primary N) is 1. The first kappa shape index (κ1) is 7.45. The summed E-state index contributed by atoms with van der Waals surface area (Å²) in [7, 11) is 1.61. The van der Waals surface area contributed by atoms with Gasteiger partial charge in [-0.15, -0.1) is 10.2 Å². The maximum Gasteiger partial charge on any atom is 0.404 e. The molecule has 0 saturated carbocycles. The third-order valence-corrected chi connectivity index (χ3v) is 0.893. The summed E-state index contributed by atoms with van der Waals surface area (Å²) < 4.78 is 4.40. The van der Waals surface area contributed by atoms with Gasteiger partial charge in [-0.3, -0.25) is 0 Å². The fraction of sp³-hybridized carbons (Fsp3) is 0.500. The van der Waals surface area contributed by atoms with Crippen LogP contribution in [-0.2, 0) is 18.4 Å². The van der Waals surface area contributed by atoms with Crippen molar-refractivity contribution in [2.75, 3.05) is 0 Å². The highest BCUT2D eigenvalue weighted by molar-refractivity contribution is 5.64. The van der Waals surface area contributed by atoms with Crippen LogP contribution in [0, 0.1) is 0 Å². The Morgan fingerprint density at radius 3 is 3.00 bits per heavy atom. The summed E-state index contributed by atoms with van der Waals surface area (Å²) >= 11 is 0. The Kier molecular flexibility index (Phi) is 2.00. The van der Waals surface area contributed by atoms with Gasteiger partial charge < -0.3 is 10.5 Å². The summed E-state index contributed by atoms with van der Waals surface area (Å²) in [5.74, 6) is 0.325. The molecule has 1 amide bonds. The van der Waals surface area contributed by atoms with Crippen molar-refractivity contribution < 1.29 is 9.53 Å². The third kappa shape index (κ3) is 2.20. The first-order valence-electron chi connectivity index (χ1n) is 2.83. The van der Waals surface area contributed by atoms with Crippen LogP contribution in [0.2, 0.25) is 0 Å². The molecule has 0 spiro atoms. The van der Waals surface area contributed by atoms with Crippen molar-refractivity contribution in [2.45, 2.75) is 6.61 Å². The number of nitrogens with zero attached hydrogens (tertiary/aromatic N) is 4. The molecule has 7 nitrogen and oxygen atoms in total. The number of carbonyl (C=O) groups is 1.